The molecule has 0 aliphatic carbocycles. The van der Waals surface area contributed by atoms with E-state index < -0.39 is 10.0 Å². The molecule has 0 atom stereocenters. The summed E-state index contributed by atoms with van der Waals surface area (Å²) in [5.41, 5.74) is 3.56. The molecule has 4 aromatic rings. The van der Waals surface area contributed by atoms with E-state index >= 15 is 0 Å². The number of methoxy groups -OCH3 is 2. The fourth-order valence-electron chi connectivity index (χ4n) is 5.24. The van der Waals surface area contributed by atoms with Gasteiger partial charge in [-0.05, 0) is 60.9 Å². The van der Waals surface area contributed by atoms with Crippen molar-refractivity contribution in [2.75, 3.05) is 50.0 Å². The van der Waals surface area contributed by atoms with E-state index in [-0.39, 0.29) is 22.2 Å². The summed E-state index contributed by atoms with van der Waals surface area (Å²) < 4.78 is 41.0. The van der Waals surface area contributed by atoms with Crippen LogP contribution in [0.2, 0.25) is 0 Å². The van der Waals surface area contributed by atoms with Crippen LogP contribution < -0.4 is 19.1 Å². The summed E-state index contributed by atoms with van der Waals surface area (Å²) in [5.74, 6) is 0.901. The molecule has 10 heteroatoms. The highest BCUT2D eigenvalue weighted by Crippen LogP contribution is 2.33. The first-order valence-electron chi connectivity index (χ1n) is 14.4. The van der Waals surface area contributed by atoms with Gasteiger partial charge in [0.15, 0.2) is 0 Å². The Morgan fingerprint density at radius 1 is 0.841 bits per heavy atom. The summed E-state index contributed by atoms with van der Waals surface area (Å²) in [7, 11) is -0.954. The number of carbonyl (C=O) groups excluding carboxylic acids is 1. The average molecular weight is 613 g/mol. The zero-order valence-corrected chi connectivity index (χ0v) is 25.9. The van der Waals surface area contributed by atoms with E-state index in [1.807, 2.05) is 72.5 Å². The van der Waals surface area contributed by atoms with Crippen LogP contribution in [0.5, 0.6) is 11.5 Å². The summed E-state index contributed by atoms with van der Waals surface area (Å²) >= 11 is 0. The van der Waals surface area contributed by atoms with Crippen molar-refractivity contribution < 1.29 is 22.7 Å². The molecule has 44 heavy (non-hydrogen) atoms. The van der Waals surface area contributed by atoms with Crippen LogP contribution in [-0.4, -0.2) is 65.8 Å². The lowest BCUT2D eigenvalue weighted by Gasteiger charge is -2.25. The molecule has 1 heterocycles. The Labute approximate surface area is 258 Å². The maximum Gasteiger partial charge on any atom is 0.264 e. The summed E-state index contributed by atoms with van der Waals surface area (Å²) in [6.07, 6.45) is 2.44. The molecule has 0 radical (unpaired) electrons. The van der Waals surface area contributed by atoms with E-state index in [0.29, 0.717) is 30.9 Å². The highest BCUT2D eigenvalue weighted by atomic mass is 32.2. The summed E-state index contributed by atoms with van der Waals surface area (Å²) in [6, 6.07) is 27.1. The number of anilines is 2. The molecule has 1 aliphatic rings. The van der Waals surface area contributed by atoms with Crippen LogP contribution in [0.3, 0.4) is 0 Å². The molecule has 0 unspecified atom stereocenters. The third-order valence-corrected chi connectivity index (χ3v) is 8.93. The number of carbonyl (C=O) groups is 1. The smallest absolute Gasteiger partial charge is 0.264 e. The number of hydrogen-bond donors (Lipinski definition) is 1. The molecule has 0 spiro atoms. The summed E-state index contributed by atoms with van der Waals surface area (Å²) in [6.45, 7) is 4.40. The minimum Gasteiger partial charge on any atom is -0.495 e. The number of sulfonamides is 1. The Kier molecular flexibility index (Phi) is 9.50. The number of aliphatic imine (C=N–C) groups is 1. The Morgan fingerprint density at radius 3 is 2.36 bits per heavy atom. The van der Waals surface area contributed by atoms with Crippen LogP contribution in [0.25, 0.3) is 0 Å². The van der Waals surface area contributed by atoms with E-state index in [1.54, 1.807) is 37.6 Å². The van der Waals surface area contributed by atoms with Crippen molar-refractivity contribution in [1.29, 1.82) is 0 Å². The first-order valence-corrected chi connectivity index (χ1v) is 15.9. The number of para-hydroxylation sites is 3. The molecule has 1 amide bonds. The third-order valence-electron chi connectivity index (χ3n) is 7.53. The van der Waals surface area contributed by atoms with Gasteiger partial charge in [0.2, 0.25) is 0 Å². The molecule has 0 saturated carbocycles. The predicted octanol–water partition coefficient (Wildman–Crippen LogP) is 5.92. The maximum atomic E-state index is 13.6. The Morgan fingerprint density at radius 2 is 1.59 bits per heavy atom. The van der Waals surface area contributed by atoms with Gasteiger partial charge in [0, 0.05) is 38.0 Å². The average Bonchev–Trinajstić information content (AvgIpc) is 3.30. The number of amides is 1. The molecular formula is C34H36N4O5S. The number of nitrogens with zero attached hydrogens (tertiary/aromatic N) is 3. The van der Waals surface area contributed by atoms with Crippen molar-refractivity contribution >= 4 is 39.2 Å². The number of aryl methyl sites for hydroxylation is 1. The van der Waals surface area contributed by atoms with E-state index in [0.717, 1.165) is 35.5 Å². The second kappa shape index (κ2) is 13.6. The van der Waals surface area contributed by atoms with Gasteiger partial charge in [-0.25, -0.2) is 8.42 Å². The number of nitrogens with one attached hydrogen (secondary N) is 1. The minimum atomic E-state index is -4.06. The van der Waals surface area contributed by atoms with Crippen LogP contribution >= 0.6 is 0 Å². The molecule has 1 saturated heterocycles. The van der Waals surface area contributed by atoms with Crippen LogP contribution in [0.4, 0.5) is 17.1 Å². The van der Waals surface area contributed by atoms with Crippen LogP contribution in [0, 0.1) is 6.92 Å². The fourth-order valence-corrected chi connectivity index (χ4v) is 6.53. The number of rotatable bonds is 9. The number of ether oxygens (including phenoxy) is 2. The Balaban J connectivity index is 1.34. The summed E-state index contributed by atoms with van der Waals surface area (Å²) in [4.78, 5) is 22.2. The monoisotopic (exact) mass is 612 g/mol. The lowest BCUT2D eigenvalue weighted by atomic mass is 10.1. The molecule has 0 aromatic heterocycles. The molecule has 1 N–H and O–H groups in total. The van der Waals surface area contributed by atoms with Gasteiger partial charge < -0.3 is 19.3 Å². The first-order chi connectivity index (χ1) is 21.3. The quantitative estimate of drug-likeness (QED) is 0.236. The predicted molar refractivity (Wildman–Crippen MR) is 174 cm³/mol. The molecule has 9 nitrogen and oxygen atoms in total. The van der Waals surface area contributed by atoms with Gasteiger partial charge in [0.25, 0.3) is 15.9 Å². The zero-order chi connectivity index (χ0) is 31.1. The van der Waals surface area contributed by atoms with Gasteiger partial charge in [-0.1, -0.05) is 54.6 Å². The van der Waals surface area contributed by atoms with Crippen molar-refractivity contribution in [2.45, 2.75) is 18.2 Å². The van der Waals surface area contributed by atoms with Crippen molar-refractivity contribution in [3.63, 3.8) is 0 Å². The van der Waals surface area contributed by atoms with Crippen molar-refractivity contribution in [3.05, 3.63) is 108 Å². The van der Waals surface area contributed by atoms with Crippen molar-refractivity contribution in [2.24, 2.45) is 4.99 Å². The zero-order valence-electron chi connectivity index (χ0n) is 25.1. The number of benzene rings is 4. The first kappa shape index (κ1) is 30.6. The second-order valence-electron chi connectivity index (χ2n) is 10.4. The van der Waals surface area contributed by atoms with Crippen molar-refractivity contribution in [1.82, 2.24) is 4.90 Å². The van der Waals surface area contributed by atoms with Gasteiger partial charge in [-0.3, -0.25) is 14.5 Å². The normalized spacial score (nSPS) is 13.9. The van der Waals surface area contributed by atoms with E-state index in [1.165, 1.54) is 13.2 Å². The van der Waals surface area contributed by atoms with Gasteiger partial charge in [0.1, 0.15) is 16.4 Å². The molecule has 228 valence electrons. The lowest BCUT2D eigenvalue weighted by Crippen LogP contribution is -2.35. The maximum absolute atomic E-state index is 13.6. The summed E-state index contributed by atoms with van der Waals surface area (Å²) in [5, 5.41) is 0. The molecule has 1 aliphatic heterocycles. The van der Waals surface area contributed by atoms with Gasteiger partial charge in [-0.15, -0.1) is 0 Å². The van der Waals surface area contributed by atoms with Gasteiger partial charge in [-0.2, -0.15) is 0 Å². The SMILES string of the molecule is COc1cc(C(=O)N2CCCN(c3ccccc3OC)CC2)ccc1NS(=O)(=O)c1cccc(C)c1N=Cc1ccccc1. The fraction of sp³-hybridized carbons (Fsp3) is 0.235. The molecule has 5 rings (SSSR count). The molecule has 4 aromatic carbocycles. The third kappa shape index (κ3) is 6.86. The Bertz CT molecular complexity index is 1760. The second-order valence-corrected chi connectivity index (χ2v) is 12.1. The lowest BCUT2D eigenvalue weighted by molar-refractivity contribution is 0.0766. The molecular weight excluding hydrogens is 576 g/mol. The topological polar surface area (TPSA) is 101 Å². The van der Waals surface area contributed by atoms with E-state index in [2.05, 4.69) is 14.6 Å². The van der Waals surface area contributed by atoms with Crippen LogP contribution in [0.1, 0.15) is 27.9 Å². The number of hydrogen-bond acceptors (Lipinski definition) is 7. The van der Waals surface area contributed by atoms with Crippen LogP contribution in [-0.2, 0) is 10.0 Å². The van der Waals surface area contributed by atoms with Gasteiger partial charge in [0.05, 0.1) is 31.3 Å². The van der Waals surface area contributed by atoms with Crippen LogP contribution in [0.15, 0.2) is 101 Å². The highest BCUT2D eigenvalue weighted by Gasteiger charge is 2.25. The van der Waals surface area contributed by atoms with Gasteiger partial charge >= 0.3 is 0 Å². The standard InChI is InChI=1S/C34H36N4O5S/c1-25-11-9-16-32(33(25)35-24-26-12-5-4-6-13-26)44(40,41)36-28-18-17-27(23-31(28)43-3)34(39)38-20-10-19-37(21-22-38)29-14-7-8-15-30(29)42-2/h4-9,11-18,23-24,36H,10,19-22H2,1-3H3. The minimum absolute atomic E-state index is 0.0380. The molecule has 0 bridgehead atoms. The van der Waals surface area contributed by atoms with E-state index in [4.69, 9.17) is 9.47 Å². The van der Waals surface area contributed by atoms with E-state index in [9.17, 15) is 13.2 Å². The largest absolute Gasteiger partial charge is 0.495 e. The van der Waals surface area contributed by atoms with Crippen molar-refractivity contribution in [3.8, 4) is 11.5 Å². The molecule has 1 fully saturated rings. The Hall–Kier alpha value is -4.83. The highest BCUT2D eigenvalue weighted by molar-refractivity contribution is 7.92.